The standard InChI is InChI=1S/C30H31F3N4O3S/c1-4-5-18-36(41(39,40)25-16-11-15-24(19-25)30(31,32)33)20-27(38)34-29-28(23-13-7-6-8-14-23)22(3)35-37(29)26-17-10-9-12-21(26)2/h6-17,19H,4-5,18,20H2,1-3H3,(H,34,38). The zero-order valence-electron chi connectivity index (χ0n) is 22.9. The van der Waals surface area contributed by atoms with E-state index in [9.17, 15) is 26.4 Å². The van der Waals surface area contributed by atoms with E-state index >= 15 is 0 Å². The van der Waals surface area contributed by atoms with Crippen molar-refractivity contribution in [3.63, 3.8) is 0 Å². The van der Waals surface area contributed by atoms with E-state index in [1.54, 1.807) is 4.68 Å². The summed E-state index contributed by atoms with van der Waals surface area (Å²) in [6, 6.07) is 20.4. The van der Waals surface area contributed by atoms with Crippen LogP contribution in [0.25, 0.3) is 16.8 Å². The number of halogens is 3. The van der Waals surface area contributed by atoms with Crippen molar-refractivity contribution in [2.75, 3.05) is 18.4 Å². The van der Waals surface area contributed by atoms with Crippen LogP contribution in [0, 0.1) is 13.8 Å². The molecule has 216 valence electrons. The van der Waals surface area contributed by atoms with Crippen LogP contribution in [-0.4, -0.2) is 41.5 Å². The lowest BCUT2D eigenvalue weighted by atomic mass is 10.1. The maximum absolute atomic E-state index is 13.5. The van der Waals surface area contributed by atoms with Gasteiger partial charge in [0.05, 0.1) is 28.4 Å². The molecule has 0 radical (unpaired) electrons. The van der Waals surface area contributed by atoms with Gasteiger partial charge < -0.3 is 5.32 Å². The lowest BCUT2D eigenvalue weighted by Crippen LogP contribution is -2.39. The van der Waals surface area contributed by atoms with Crippen LogP contribution in [0.5, 0.6) is 0 Å². The highest BCUT2D eigenvalue weighted by Crippen LogP contribution is 2.34. The molecule has 0 aliphatic rings. The van der Waals surface area contributed by atoms with Gasteiger partial charge in [-0.1, -0.05) is 67.9 Å². The first-order chi connectivity index (χ1) is 19.4. The monoisotopic (exact) mass is 584 g/mol. The van der Waals surface area contributed by atoms with Crippen molar-refractivity contribution in [3.05, 3.63) is 95.7 Å². The fourth-order valence-electron chi connectivity index (χ4n) is 4.50. The number of carbonyl (C=O) groups is 1. The summed E-state index contributed by atoms with van der Waals surface area (Å²) in [7, 11) is -4.42. The van der Waals surface area contributed by atoms with Crippen molar-refractivity contribution >= 4 is 21.7 Å². The summed E-state index contributed by atoms with van der Waals surface area (Å²) in [5, 5.41) is 7.56. The lowest BCUT2D eigenvalue weighted by Gasteiger charge is -2.22. The summed E-state index contributed by atoms with van der Waals surface area (Å²) in [5.41, 5.74) is 2.68. The molecule has 0 saturated heterocycles. The molecule has 41 heavy (non-hydrogen) atoms. The molecular formula is C30H31F3N4O3S. The molecule has 1 heterocycles. The van der Waals surface area contributed by atoms with Crippen molar-refractivity contribution in [2.24, 2.45) is 0 Å². The normalized spacial score (nSPS) is 12.1. The maximum atomic E-state index is 13.5. The molecule has 7 nitrogen and oxygen atoms in total. The quantitative estimate of drug-likeness (QED) is 0.228. The van der Waals surface area contributed by atoms with Crippen molar-refractivity contribution < 1.29 is 26.4 Å². The topological polar surface area (TPSA) is 84.3 Å². The predicted molar refractivity (Wildman–Crippen MR) is 152 cm³/mol. The van der Waals surface area contributed by atoms with E-state index in [2.05, 4.69) is 5.32 Å². The summed E-state index contributed by atoms with van der Waals surface area (Å²) in [4.78, 5) is 13.0. The van der Waals surface area contributed by atoms with Crippen LogP contribution >= 0.6 is 0 Å². The average molecular weight is 585 g/mol. The van der Waals surface area contributed by atoms with Gasteiger partial charge >= 0.3 is 6.18 Å². The molecule has 0 spiro atoms. The van der Waals surface area contributed by atoms with E-state index in [4.69, 9.17) is 5.10 Å². The first-order valence-corrected chi connectivity index (χ1v) is 14.6. The van der Waals surface area contributed by atoms with Crippen LogP contribution in [0.3, 0.4) is 0 Å². The van der Waals surface area contributed by atoms with Gasteiger partial charge in [0.2, 0.25) is 15.9 Å². The summed E-state index contributed by atoms with van der Waals surface area (Å²) >= 11 is 0. The fourth-order valence-corrected chi connectivity index (χ4v) is 5.98. The van der Waals surface area contributed by atoms with Gasteiger partial charge in [-0.3, -0.25) is 4.79 Å². The summed E-state index contributed by atoms with van der Waals surface area (Å²) in [5.74, 6) is -0.288. The highest BCUT2D eigenvalue weighted by atomic mass is 32.2. The van der Waals surface area contributed by atoms with E-state index < -0.39 is 39.1 Å². The number of para-hydroxylation sites is 1. The Morgan fingerprint density at radius 2 is 1.66 bits per heavy atom. The molecule has 11 heteroatoms. The molecule has 0 atom stereocenters. The number of hydrogen-bond acceptors (Lipinski definition) is 4. The molecule has 0 saturated carbocycles. The van der Waals surface area contributed by atoms with Gasteiger partial charge in [0.25, 0.3) is 0 Å². The van der Waals surface area contributed by atoms with E-state index in [1.807, 2.05) is 75.4 Å². The Labute approximate surface area is 237 Å². The van der Waals surface area contributed by atoms with Crippen LogP contribution in [0.15, 0.2) is 83.8 Å². The lowest BCUT2D eigenvalue weighted by molar-refractivity contribution is -0.137. The molecule has 0 unspecified atom stereocenters. The van der Waals surface area contributed by atoms with Crippen molar-refractivity contribution in [1.82, 2.24) is 14.1 Å². The van der Waals surface area contributed by atoms with Gasteiger partial charge in [-0.25, -0.2) is 13.1 Å². The van der Waals surface area contributed by atoms with Gasteiger partial charge in [-0.15, -0.1) is 0 Å². The Morgan fingerprint density at radius 1 is 0.976 bits per heavy atom. The molecule has 0 aliphatic carbocycles. The number of nitrogens with one attached hydrogen (secondary N) is 1. The number of sulfonamides is 1. The Kier molecular flexibility index (Phi) is 8.98. The molecule has 1 aromatic heterocycles. The highest BCUT2D eigenvalue weighted by molar-refractivity contribution is 7.89. The summed E-state index contributed by atoms with van der Waals surface area (Å²) in [6.07, 6.45) is -3.68. The van der Waals surface area contributed by atoms with Crippen molar-refractivity contribution in [2.45, 2.75) is 44.7 Å². The van der Waals surface area contributed by atoms with E-state index in [0.29, 0.717) is 36.0 Å². The predicted octanol–water partition coefficient (Wildman–Crippen LogP) is 6.60. The molecule has 0 bridgehead atoms. The third kappa shape index (κ3) is 6.68. The van der Waals surface area contributed by atoms with Gasteiger partial charge in [-0.2, -0.15) is 22.6 Å². The molecule has 1 N–H and O–H groups in total. The Balaban J connectivity index is 1.73. The molecule has 3 aromatic carbocycles. The smallest absolute Gasteiger partial charge is 0.309 e. The first-order valence-electron chi connectivity index (χ1n) is 13.1. The highest BCUT2D eigenvalue weighted by Gasteiger charge is 2.33. The SMILES string of the molecule is CCCCN(CC(=O)Nc1c(-c2ccccc2)c(C)nn1-c1ccccc1C)S(=O)(=O)c1cccc(C(F)(F)F)c1. The number of rotatable bonds is 10. The van der Waals surface area contributed by atoms with E-state index in [1.165, 1.54) is 0 Å². The van der Waals surface area contributed by atoms with Crippen molar-refractivity contribution in [3.8, 4) is 16.8 Å². The van der Waals surface area contributed by atoms with Crippen LogP contribution in [-0.2, 0) is 21.0 Å². The van der Waals surface area contributed by atoms with E-state index in [-0.39, 0.29) is 6.54 Å². The molecule has 0 aliphatic heterocycles. The van der Waals surface area contributed by atoms with Crippen LogP contribution < -0.4 is 5.32 Å². The van der Waals surface area contributed by atoms with Gasteiger partial charge in [0.1, 0.15) is 5.82 Å². The number of amides is 1. The van der Waals surface area contributed by atoms with Gasteiger partial charge in [0.15, 0.2) is 0 Å². The minimum Gasteiger partial charge on any atom is -0.309 e. The molecule has 0 fully saturated rings. The third-order valence-electron chi connectivity index (χ3n) is 6.60. The van der Waals surface area contributed by atoms with E-state index in [0.717, 1.165) is 39.3 Å². The Morgan fingerprint density at radius 3 is 2.32 bits per heavy atom. The van der Waals surface area contributed by atoms with Gasteiger partial charge in [-0.05, 0) is 55.7 Å². The molecule has 1 amide bonds. The average Bonchev–Trinajstić information content (AvgIpc) is 3.26. The Hall–Kier alpha value is -3.96. The molecular weight excluding hydrogens is 553 g/mol. The number of aryl methyl sites for hydroxylation is 2. The number of anilines is 1. The zero-order chi connectivity index (χ0) is 29.8. The van der Waals surface area contributed by atoms with Crippen molar-refractivity contribution in [1.29, 1.82) is 0 Å². The minimum absolute atomic E-state index is 0.0376. The number of nitrogens with zero attached hydrogens (tertiary/aromatic N) is 3. The summed E-state index contributed by atoms with van der Waals surface area (Å²) < 4.78 is 69.5. The number of unbranched alkanes of at least 4 members (excludes halogenated alkanes) is 1. The number of aromatic nitrogens is 2. The Bertz CT molecular complexity index is 1630. The number of carbonyl (C=O) groups excluding carboxylic acids is 1. The van der Waals surface area contributed by atoms with Crippen LogP contribution in [0.1, 0.15) is 36.6 Å². The number of alkyl halides is 3. The van der Waals surface area contributed by atoms with Gasteiger partial charge in [0, 0.05) is 12.1 Å². The maximum Gasteiger partial charge on any atom is 0.416 e. The summed E-state index contributed by atoms with van der Waals surface area (Å²) in [6.45, 7) is 4.95. The largest absolute Gasteiger partial charge is 0.416 e. The van der Waals surface area contributed by atoms with Crippen LogP contribution in [0.4, 0.5) is 19.0 Å². The fraction of sp³-hybridized carbons (Fsp3) is 0.267. The number of hydrogen-bond donors (Lipinski definition) is 1. The zero-order valence-corrected chi connectivity index (χ0v) is 23.8. The number of benzene rings is 3. The second kappa shape index (κ2) is 12.3. The first kappa shape index (κ1) is 30.0. The van der Waals surface area contributed by atoms with Crippen LogP contribution in [0.2, 0.25) is 0 Å². The third-order valence-corrected chi connectivity index (χ3v) is 8.45. The molecule has 4 aromatic rings. The second-order valence-electron chi connectivity index (χ2n) is 9.64. The second-order valence-corrected chi connectivity index (χ2v) is 11.6. The minimum atomic E-state index is -4.71. The molecule has 4 rings (SSSR count).